The van der Waals surface area contributed by atoms with E-state index in [2.05, 4.69) is 53.8 Å². The molecule has 5 aliphatic rings. The van der Waals surface area contributed by atoms with Crippen molar-refractivity contribution in [1.29, 1.82) is 0 Å². The second-order valence-electron chi connectivity index (χ2n) is 16.4. The van der Waals surface area contributed by atoms with E-state index >= 15 is 8.78 Å². The molecule has 308 valence electrons. The summed E-state index contributed by atoms with van der Waals surface area (Å²) in [5.41, 5.74) is 3.76. The van der Waals surface area contributed by atoms with Gasteiger partial charge in [-0.05, 0) is 68.0 Å². The molecule has 0 bridgehead atoms. The molecule has 5 aromatic rings. The van der Waals surface area contributed by atoms with E-state index in [1.54, 1.807) is 31.4 Å². The number of nitrogens with zero attached hydrogens (tertiary/aromatic N) is 8. The maximum Gasteiger partial charge on any atom is 0.301 e. The van der Waals surface area contributed by atoms with Crippen LogP contribution in [-0.4, -0.2) is 105 Å². The van der Waals surface area contributed by atoms with E-state index in [9.17, 15) is 14.4 Å². The second kappa shape index (κ2) is 14.3. The van der Waals surface area contributed by atoms with Crippen LogP contribution in [0.2, 0.25) is 5.02 Å². The standard InChI is InChI=1S/C41H44ClF2N11O4/c1-51-30-9-5-23(17-28(30)34-35(39(51)58)59-21-41(43,44)36(48-34)22-3-4-22)46-37-29(42)19-45-40(49-37)54-15-13-53(14-16-54)25-11-12-55(20-25)24-6-7-26-31(18-24)52(2)50-33(26)27-8-10-32(56)47-38(27)57/h5-7,9,17-19,22,25,27,36,48H,3-4,8,10-16,20-21H2,1-2H3,(H,45,46,49)(H,47,56,57)/t25?,27?,36-/m0/s1. The lowest BCUT2D eigenvalue weighted by Gasteiger charge is -2.38. The number of anilines is 5. The average Bonchev–Trinajstić information content (AvgIpc) is 3.88. The number of ether oxygens (including phenoxy) is 1. The number of piperazine rings is 1. The van der Waals surface area contributed by atoms with Crippen molar-refractivity contribution in [3.05, 3.63) is 63.7 Å². The maximum absolute atomic E-state index is 15.2. The largest absolute Gasteiger partial charge is 0.480 e. The van der Waals surface area contributed by atoms with E-state index in [4.69, 9.17) is 26.4 Å². The summed E-state index contributed by atoms with van der Waals surface area (Å²) < 4.78 is 39.1. The van der Waals surface area contributed by atoms with Crippen LogP contribution in [0.5, 0.6) is 5.75 Å². The summed E-state index contributed by atoms with van der Waals surface area (Å²) in [5, 5.41) is 15.3. The molecular formula is C41H44ClF2N11O4. The number of rotatable bonds is 7. The van der Waals surface area contributed by atoms with Gasteiger partial charge in [-0.25, -0.2) is 13.8 Å². The number of hydrogen-bond donors (Lipinski definition) is 3. The van der Waals surface area contributed by atoms with E-state index in [1.165, 1.54) is 4.57 Å². The lowest BCUT2D eigenvalue weighted by atomic mass is 9.93. The van der Waals surface area contributed by atoms with Crippen molar-refractivity contribution >= 4 is 74.0 Å². The van der Waals surface area contributed by atoms with E-state index in [-0.39, 0.29) is 29.2 Å². The molecule has 1 aliphatic carbocycles. The van der Waals surface area contributed by atoms with Gasteiger partial charge in [0.25, 0.3) is 5.56 Å². The monoisotopic (exact) mass is 827 g/mol. The third kappa shape index (κ3) is 6.77. The fraction of sp³-hybridized carbons (Fsp3) is 0.463. The van der Waals surface area contributed by atoms with Crippen LogP contribution < -0.4 is 36.0 Å². The van der Waals surface area contributed by atoms with Crippen molar-refractivity contribution in [3.8, 4) is 5.75 Å². The highest BCUT2D eigenvalue weighted by atomic mass is 35.5. The minimum atomic E-state index is -3.13. The smallest absolute Gasteiger partial charge is 0.301 e. The van der Waals surface area contributed by atoms with Crippen LogP contribution >= 0.6 is 11.6 Å². The van der Waals surface area contributed by atoms with Crippen molar-refractivity contribution < 1.29 is 23.1 Å². The molecule has 59 heavy (non-hydrogen) atoms. The van der Waals surface area contributed by atoms with Crippen molar-refractivity contribution in [2.75, 3.05) is 66.3 Å². The average molecular weight is 828 g/mol. The first kappa shape index (κ1) is 37.7. The van der Waals surface area contributed by atoms with E-state index in [1.807, 2.05) is 11.7 Å². The molecule has 4 aliphatic heterocycles. The first-order valence-electron chi connectivity index (χ1n) is 20.2. The molecule has 2 aromatic carbocycles. The molecule has 0 radical (unpaired) electrons. The molecule has 3 atom stereocenters. The fourth-order valence-corrected chi connectivity index (χ4v) is 9.40. The SMILES string of the molecule is Cn1nc(C2CCC(=O)NC2=O)c2ccc(N3CCC(N4CCN(c5ncc(Cl)c(Nc6ccc7c(c6)c6c(c(=O)n7C)OCC(F)(F)[C@H](C7CC7)N6)n5)CC4)C3)cc21. The number of carbonyl (C=O) groups is 2. The van der Waals surface area contributed by atoms with Crippen LogP contribution in [0.3, 0.4) is 0 Å². The number of hydrogen-bond acceptors (Lipinski definition) is 12. The van der Waals surface area contributed by atoms with Gasteiger partial charge in [-0.15, -0.1) is 0 Å². The molecule has 2 unspecified atom stereocenters. The normalized spacial score (nSPS) is 23.5. The molecular weight excluding hydrogens is 784 g/mol. The van der Waals surface area contributed by atoms with Crippen molar-refractivity contribution in [3.63, 3.8) is 0 Å². The minimum Gasteiger partial charge on any atom is -0.480 e. The number of nitrogens with one attached hydrogen (secondary N) is 3. The number of alkyl halides is 2. The molecule has 15 nitrogen and oxygen atoms in total. The summed E-state index contributed by atoms with van der Waals surface area (Å²) in [4.78, 5) is 54.0. The third-order valence-corrected chi connectivity index (χ3v) is 13.0. The number of halogens is 3. The number of pyridine rings is 1. The van der Waals surface area contributed by atoms with Gasteiger partial charge in [0.1, 0.15) is 5.02 Å². The molecule has 10 rings (SSSR count). The highest BCUT2D eigenvalue weighted by Crippen LogP contribution is 2.46. The van der Waals surface area contributed by atoms with Crippen LogP contribution in [0.1, 0.15) is 43.7 Å². The number of amides is 2. The maximum atomic E-state index is 15.2. The predicted molar refractivity (Wildman–Crippen MR) is 220 cm³/mol. The van der Waals surface area contributed by atoms with Gasteiger partial charge in [-0.2, -0.15) is 10.1 Å². The summed E-state index contributed by atoms with van der Waals surface area (Å²) in [6, 6.07) is 10.9. The highest BCUT2D eigenvalue weighted by molar-refractivity contribution is 6.33. The van der Waals surface area contributed by atoms with Gasteiger partial charge in [-0.3, -0.25) is 29.3 Å². The molecule has 3 N–H and O–H groups in total. The lowest BCUT2D eigenvalue weighted by molar-refractivity contribution is -0.134. The van der Waals surface area contributed by atoms with Crippen molar-refractivity contribution in [1.82, 2.24) is 34.5 Å². The Morgan fingerprint density at radius 1 is 0.932 bits per heavy atom. The number of piperidine rings is 1. The molecule has 4 fully saturated rings. The van der Waals surface area contributed by atoms with Crippen LogP contribution in [-0.2, 0) is 23.7 Å². The Bertz CT molecular complexity index is 2590. The Hall–Kier alpha value is -5.55. The van der Waals surface area contributed by atoms with Gasteiger partial charge in [0.15, 0.2) is 12.4 Å². The first-order chi connectivity index (χ1) is 28.4. The molecule has 7 heterocycles. The van der Waals surface area contributed by atoms with Crippen molar-refractivity contribution in [2.24, 2.45) is 20.0 Å². The summed E-state index contributed by atoms with van der Waals surface area (Å²) in [7, 11) is 3.49. The zero-order chi connectivity index (χ0) is 40.7. The highest BCUT2D eigenvalue weighted by Gasteiger charge is 2.51. The number of aromatic nitrogens is 5. The number of aryl methyl sites for hydroxylation is 2. The molecule has 1 saturated carbocycles. The van der Waals surface area contributed by atoms with E-state index < -0.39 is 30.0 Å². The van der Waals surface area contributed by atoms with Crippen LogP contribution in [0.25, 0.3) is 21.8 Å². The molecule has 0 spiro atoms. The van der Waals surface area contributed by atoms with Gasteiger partial charge >= 0.3 is 5.92 Å². The third-order valence-electron chi connectivity index (χ3n) is 12.7. The minimum absolute atomic E-state index is 0.111. The van der Waals surface area contributed by atoms with E-state index in [0.29, 0.717) is 70.8 Å². The molecule has 2 amide bonds. The molecule has 18 heteroatoms. The van der Waals surface area contributed by atoms with Crippen LogP contribution in [0.4, 0.5) is 37.6 Å². The quantitative estimate of drug-likeness (QED) is 0.194. The summed E-state index contributed by atoms with van der Waals surface area (Å²) in [5.74, 6) is -3.44. The van der Waals surface area contributed by atoms with E-state index in [0.717, 1.165) is 62.3 Å². The Labute approximate surface area is 342 Å². The summed E-state index contributed by atoms with van der Waals surface area (Å²) in [6.07, 6.45) is 4.78. The number of fused-ring (bicyclic) bond motifs is 4. The Morgan fingerprint density at radius 3 is 2.53 bits per heavy atom. The van der Waals surface area contributed by atoms with Crippen LogP contribution in [0.15, 0.2) is 47.4 Å². The number of benzene rings is 2. The second-order valence-corrected chi connectivity index (χ2v) is 16.8. The molecule has 3 saturated heterocycles. The fourth-order valence-electron chi connectivity index (χ4n) is 9.26. The Morgan fingerprint density at radius 2 is 1.75 bits per heavy atom. The Balaban J connectivity index is 0.811. The van der Waals surface area contributed by atoms with Gasteiger partial charge in [0.2, 0.25) is 23.5 Å². The van der Waals surface area contributed by atoms with Gasteiger partial charge in [0, 0.05) is 88.0 Å². The predicted octanol–water partition coefficient (Wildman–Crippen LogP) is 4.75. The van der Waals surface area contributed by atoms with Gasteiger partial charge in [0.05, 0.1) is 40.6 Å². The summed E-state index contributed by atoms with van der Waals surface area (Å²) in [6.45, 7) is 4.10. The zero-order valence-electron chi connectivity index (χ0n) is 32.7. The van der Waals surface area contributed by atoms with Gasteiger partial charge in [-0.1, -0.05) is 11.6 Å². The Kier molecular flexibility index (Phi) is 9.15. The topological polar surface area (TPSA) is 155 Å². The number of carbonyl (C=O) groups excluding carboxylic acids is 2. The lowest BCUT2D eigenvalue weighted by Crippen LogP contribution is -2.51. The zero-order valence-corrected chi connectivity index (χ0v) is 33.4. The molecule has 3 aromatic heterocycles. The first-order valence-corrected chi connectivity index (χ1v) is 20.6. The van der Waals surface area contributed by atoms with Gasteiger partial charge < -0.3 is 29.7 Å². The number of imide groups is 1. The summed E-state index contributed by atoms with van der Waals surface area (Å²) >= 11 is 6.63. The van der Waals surface area contributed by atoms with Crippen molar-refractivity contribution in [2.45, 2.75) is 56.0 Å². The van der Waals surface area contributed by atoms with Crippen LogP contribution in [0, 0.1) is 5.92 Å².